The molecule has 3 unspecified atom stereocenters. The van der Waals surface area contributed by atoms with E-state index in [0.717, 1.165) is 11.8 Å². The lowest BCUT2D eigenvalue weighted by Gasteiger charge is -2.20. The molecule has 0 amide bonds. The van der Waals surface area contributed by atoms with Gasteiger partial charge in [0.15, 0.2) is 0 Å². The lowest BCUT2D eigenvalue weighted by Crippen LogP contribution is -2.28. The molecule has 0 radical (unpaired) electrons. The number of hydrogen-bond acceptors (Lipinski definition) is 4. The second-order valence-corrected chi connectivity index (χ2v) is 4.27. The fourth-order valence-electron chi connectivity index (χ4n) is 1.82. The van der Waals surface area contributed by atoms with E-state index in [1.54, 1.807) is 0 Å². The predicted octanol–water partition coefficient (Wildman–Crippen LogP) is 1.06. The molecule has 0 saturated heterocycles. The SMILES string of the molecule is O=CCCC(O)C(O)CC(C=O)c1ccccc1. The maximum Gasteiger partial charge on any atom is 0.127 e. The monoisotopic (exact) mass is 250 g/mol. The van der Waals surface area contributed by atoms with Crippen LogP contribution in [-0.2, 0) is 9.59 Å². The number of aldehydes is 2. The predicted molar refractivity (Wildman–Crippen MR) is 67.2 cm³/mol. The van der Waals surface area contributed by atoms with Gasteiger partial charge in [0, 0.05) is 12.3 Å². The van der Waals surface area contributed by atoms with Crippen molar-refractivity contribution in [1.82, 2.24) is 0 Å². The second-order valence-electron chi connectivity index (χ2n) is 4.27. The van der Waals surface area contributed by atoms with E-state index >= 15 is 0 Å². The van der Waals surface area contributed by atoms with Gasteiger partial charge in [0.25, 0.3) is 0 Å². The zero-order valence-electron chi connectivity index (χ0n) is 10.1. The Morgan fingerprint density at radius 3 is 2.28 bits per heavy atom. The van der Waals surface area contributed by atoms with Gasteiger partial charge in [-0.25, -0.2) is 0 Å². The van der Waals surface area contributed by atoms with Crippen molar-refractivity contribution >= 4 is 12.6 Å². The molecule has 2 N–H and O–H groups in total. The third kappa shape index (κ3) is 4.39. The molecule has 98 valence electrons. The molecule has 0 bridgehead atoms. The molecule has 0 aliphatic rings. The van der Waals surface area contributed by atoms with Crippen LogP contribution in [0.5, 0.6) is 0 Å². The molecule has 4 nitrogen and oxygen atoms in total. The lowest BCUT2D eigenvalue weighted by atomic mass is 9.92. The van der Waals surface area contributed by atoms with Gasteiger partial charge in [-0.3, -0.25) is 0 Å². The Hall–Kier alpha value is -1.52. The number of carbonyl (C=O) groups excluding carboxylic acids is 2. The smallest absolute Gasteiger partial charge is 0.127 e. The van der Waals surface area contributed by atoms with E-state index < -0.39 is 18.1 Å². The zero-order chi connectivity index (χ0) is 13.4. The third-order valence-corrected chi connectivity index (χ3v) is 2.91. The normalized spacial score (nSPS) is 15.7. The van der Waals surface area contributed by atoms with Gasteiger partial charge in [0.05, 0.1) is 12.2 Å². The number of carbonyl (C=O) groups is 2. The Kier molecular flexibility index (Phi) is 6.25. The molecule has 3 atom stereocenters. The maximum absolute atomic E-state index is 11.0. The summed E-state index contributed by atoms with van der Waals surface area (Å²) in [4.78, 5) is 21.2. The van der Waals surface area contributed by atoms with Crippen LogP contribution < -0.4 is 0 Å². The van der Waals surface area contributed by atoms with Crippen molar-refractivity contribution in [3.05, 3.63) is 35.9 Å². The molecule has 1 aromatic rings. The van der Waals surface area contributed by atoms with E-state index in [0.29, 0.717) is 6.29 Å². The Labute approximate surface area is 106 Å². The van der Waals surface area contributed by atoms with Gasteiger partial charge in [-0.1, -0.05) is 30.3 Å². The van der Waals surface area contributed by atoms with Gasteiger partial charge in [-0.15, -0.1) is 0 Å². The highest BCUT2D eigenvalue weighted by atomic mass is 16.3. The fourth-order valence-corrected chi connectivity index (χ4v) is 1.82. The van der Waals surface area contributed by atoms with E-state index in [1.807, 2.05) is 30.3 Å². The summed E-state index contributed by atoms with van der Waals surface area (Å²) in [5, 5.41) is 19.4. The van der Waals surface area contributed by atoms with Gasteiger partial charge in [0.1, 0.15) is 12.6 Å². The van der Waals surface area contributed by atoms with E-state index in [9.17, 15) is 19.8 Å². The molecule has 18 heavy (non-hydrogen) atoms. The third-order valence-electron chi connectivity index (χ3n) is 2.91. The van der Waals surface area contributed by atoms with E-state index in [4.69, 9.17) is 0 Å². The summed E-state index contributed by atoms with van der Waals surface area (Å²) in [5.74, 6) is -0.438. The van der Waals surface area contributed by atoms with Gasteiger partial charge >= 0.3 is 0 Å². The minimum Gasteiger partial charge on any atom is -0.390 e. The van der Waals surface area contributed by atoms with Crippen LogP contribution in [0, 0.1) is 0 Å². The topological polar surface area (TPSA) is 74.6 Å². The van der Waals surface area contributed by atoms with Crippen molar-refractivity contribution in [1.29, 1.82) is 0 Å². The van der Waals surface area contributed by atoms with Crippen molar-refractivity contribution in [2.24, 2.45) is 0 Å². The summed E-state index contributed by atoms with van der Waals surface area (Å²) in [6, 6.07) is 9.11. The maximum atomic E-state index is 11.0. The van der Waals surface area contributed by atoms with Crippen LogP contribution >= 0.6 is 0 Å². The molecule has 0 aliphatic heterocycles. The zero-order valence-corrected chi connectivity index (χ0v) is 10.1. The molecule has 1 aromatic carbocycles. The summed E-state index contributed by atoms with van der Waals surface area (Å²) in [6.07, 6.45) is 0.0742. The Morgan fingerprint density at radius 1 is 1.06 bits per heavy atom. The molecule has 0 saturated carbocycles. The highest BCUT2D eigenvalue weighted by Crippen LogP contribution is 2.21. The Morgan fingerprint density at radius 2 is 1.72 bits per heavy atom. The van der Waals surface area contributed by atoms with Gasteiger partial charge in [0.2, 0.25) is 0 Å². The summed E-state index contributed by atoms with van der Waals surface area (Å²) in [5.41, 5.74) is 0.814. The molecule has 0 heterocycles. The largest absolute Gasteiger partial charge is 0.390 e. The van der Waals surface area contributed by atoms with Crippen LogP contribution in [0.3, 0.4) is 0 Å². The molecule has 0 spiro atoms. The summed E-state index contributed by atoms with van der Waals surface area (Å²) < 4.78 is 0. The van der Waals surface area contributed by atoms with Crippen LogP contribution in [-0.4, -0.2) is 35.0 Å². The molecule has 1 rings (SSSR count). The molecule has 0 aliphatic carbocycles. The van der Waals surface area contributed by atoms with Crippen molar-refractivity contribution in [2.75, 3.05) is 0 Å². The number of benzene rings is 1. The van der Waals surface area contributed by atoms with Crippen LogP contribution in [0.25, 0.3) is 0 Å². The summed E-state index contributed by atoms with van der Waals surface area (Å²) in [6.45, 7) is 0. The number of aliphatic hydroxyl groups is 2. The lowest BCUT2D eigenvalue weighted by molar-refractivity contribution is -0.111. The molecule has 4 heteroatoms. The average molecular weight is 250 g/mol. The molecular formula is C14H18O4. The van der Waals surface area contributed by atoms with Gasteiger partial charge in [-0.2, -0.15) is 0 Å². The van der Waals surface area contributed by atoms with Crippen molar-refractivity contribution in [3.8, 4) is 0 Å². The molecule has 0 fully saturated rings. The van der Waals surface area contributed by atoms with Gasteiger partial charge in [-0.05, 0) is 18.4 Å². The molecule has 0 aromatic heterocycles. The van der Waals surface area contributed by atoms with E-state index in [-0.39, 0.29) is 19.3 Å². The quantitative estimate of drug-likeness (QED) is 0.676. The van der Waals surface area contributed by atoms with E-state index in [1.165, 1.54) is 0 Å². The average Bonchev–Trinajstić information content (AvgIpc) is 2.42. The van der Waals surface area contributed by atoms with E-state index in [2.05, 4.69) is 0 Å². The first kappa shape index (κ1) is 14.5. The number of rotatable bonds is 8. The first-order chi connectivity index (χ1) is 8.69. The highest BCUT2D eigenvalue weighted by molar-refractivity contribution is 5.62. The van der Waals surface area contributed by atoms with Gasteiger partial charge < -0.3 is 19.8 Å². The van der Waals surface area contributed by atoms with Crippen LogP contribution in [0.4, 0.5) is 0 Å². The van der Waals surface area contributed by atoms with Crippen molar-refractivity contribution < 1.29 is 19.8 Å². The minimum absolute atomic E-state index is 0.160. The van der Waals surface area contributed by atoms with Crippen LogP contribution in [0.15, 0.2) is 30.3 Å². The van der Waals surface area contributed by atoms with Crippen molar-refractivity contribution in [2.45, 2.75) is 37.4 Å². The number of aliphatic hydroxyl groups excluding tert-OH is 2. The molecular weight excluding hydrogens is 232 g/mol. The van der Waals surface area contributed by atoms with Crippen molar-refractivity contribution in [3.63, 3.8) is 0 Å². The number of hydrogen-bond donors (Lipinski definition) is 2. The first-order valence-corrected chi connectivity index (χ1v) is 5.99. The second kappa shape index (κ2) is 7.74. The minimum atomic E-state index is -1.000. The first-order valence-electron chi connectivity index (χ1n) is 5.99. The Balaban J connectivity index is 2.58. The van der Waals surface area contributed by atoms with Crippen LogP contribution in [0.2, 0.25) is 0 Å². The Bertz CT molecular complexity index is 363. The fraction of sp³-hybridized carbons (Fsp3) is 0.429. The van der Waals surface area contributed by atoms with Crippen LogP contribution in [0.1, 0.15) is 30.7 Å². The standard InChI is InChI=1S/C14H18O4/c15-8-4-7-13(17)14(18)9-12(10-16)11-5-2-1-3-6-11/h1-3,5-6,8,10,12-14,17-18H,4,7,9H2. The summed E-state index contributed by atoms with van der Waals surface area (Å²) >= 11 is 0. The highest BCUT2D eigenvalue weighted by Gasteiger charge is 2.21. The summed E-state index contributed by atoms with van der Waals surface area (Å²) in [7, 11) is 0.